The molecule has 0 bridgehead atoms. The van der Waals surface area contributed by atoms with Gasteiger partial charge in [-0.1, -0.05) is 26.0 Å². The summed E-state index contributed by atoms with van der Waals surface area (Å²) in [6.07, 6.45) is 3.23. The Hall–Kier alpha value is -1.55. The minimum absolute atomic E-state index is 0.511. The van der Waals surface area contributed by atoms with E-state index in [0.717, 1.165) is 10.2 Å². The average Bonchev–Trinajstić information content (AvgIpc) is 2.34. The van der Waals surface area contributed by atoms with Crippen molar-refractivity contribution in [3.05, 3.63) is 46.7 Å². The van der Waals surface area contributed by atoms with Crippen LogP contribution in [0.1, 0.15) is 25.3 Å². The predicted molar refractivity (Wildman–Crippen MR) is 77.0 cm³/mol. The molecule has 0 spiro atoms. The van der Waals surface area contributed by atoms with Crippen molar-refractivity contribution in [1.82, 2.24) is 4.98 Å². The minimum Gasteiger partial charge on any atom is -0.454 e. The third-order valence-electron chi connectivity index (χ3n) is 2.65. The van der Waals surface area contributed by atoms with Crippen LogP contribution in [0.3, 0.4) is 0 Å². The second kappa shape index (κ2) is 5.40. The third-order valence-corrected chi connectivity index (χ3v) is 3.21. The molecule has 0 aliphatic carbocycles. The summed E-state index contributed by atoms with van der Waals surface area (Å²) in [6.45, 7) is 4.32. The Balaban J connectivity index is 2.24. The van der Waals surface area contributed by atoms with Gasteiger partial charge in [0.05, 0.1) is 16.4 Å². The van der Waals surface area contributed by atoms with Gasteiger partial charge in [-0.15, -0.1) is 0 Å². The molecule has 0 aliphatic heterocycles. The lowest BCUT2D eigenvalue weighted by atomic mass is 10.0. The molecule has 0 saturated carbocycles. The van der Waals surface area contributed by atoms with Gasteiger partial charge in [0.1, 0.15) is 5.75 Å². The van der Waals surface area contributed by atoms with E-state index in [1.165, 1.54) is 5.56 Å². The first-order chi connectivity index (χ1) is 8.58. The number of nitrogens with zero attached hydrogens (tertiary/aromatic N) is 1. The molecule has 1 aromatic heterocycles. The van der Waals surface area contributed by atoms with Gasteiger partial charge in [-0.2, -0.15) is 0 Å². The maximum Gasteiger partial charge on any atom is 0.167 e. The van der Waals surface area contributed by atoms with Crippen LogP contribution in [0.25, 0.3) is 0 Å². The summed E-state index contributed by atoms with van der Waals surface area (Å²) in [5.74, 6) is 1.87. The number of halogens is 1. The first-order valence-corrected chi connectivity index (χ1v) is 6.54. The van der Waals surface area contributed by atoms with E-state index >= 15 is 0 Å². The van der Waals surface area contributed by atoms with Crippen molar-refractivity contribution in [2.75, 3.05) is 5.73 Å². The standard InChI is InChI=1S/C14H15BrN2O/c1-9(2)10-3-5-11(6-4-10)18-14-12(15)7-17-8-13(14)16/h3-9H,16H2,1-2H3. The van der Waals surface area contributed by atoms with Crippen molar-refractivity contribution in [1.29, 1.82) is 0 Å². The molecule has 2 N–H and O–H groups in total. The van der Waals surface area contributed by atoms with Gasteiger partial charge in [-0.3, -0.25) is 4.98 Å². The van der Waals surface area contributed by atoms with Gasteiger partial charge >= 0.3 is 0 Å². The first-order valence-electron chi connectivity index (χ1n) is 5.74. The number of rotatable bonds is 3. The van der Waals surface area contributed by atoms with Crippen molar-refractivity contribution in [3.8, 4) is 11.5 Å². The maximum absolute atomic E-state index is 5.83. The van der Waals surface area contributed by atoms with E-state index in [0.29, 0.717) is 17.4 Å². The third kappa shape index (κ3) is 2.82. The lowest BCUT2D eigenvalue weighted by Gasteiger charge is -2.11. The molecule has 0 atom stereocenters. The van der Waals surface area contributed by atoms with Crippen LogP contribution in [0.2, 0.25) is 0 Å². The number of hydrogen-bond acceptors (Lipinski definition) is 3. The molecule has 2 aromatic rings. The van der Waals surface area contributed by atoms with E-state index in [4.69, 9.17) is 10.5 Å². The smallest absolute Gasteiger partial charge is 0.167 e. The van der Waals surface area contributed by atoms with Gasteiger partial charge in [0.15, 0.2) is 5.75 Å². The number of hydrogen-bond donors (Lipinski definition) is 1. The lowest BCUT2D eigenvalue weighted by Crippen LogP contribution is -1.94. The van der Waals surface area contributed by atoms with Crippen molar-refractivity contribution in [3.63, 3.8) is 0 Å². The molecular weight excluding hydrogens is 292 g/mol. The van der Waals surface area contributed by atoms with E-state index in [1.54, 1.807) is 12.4 Å². The summed E-state index contributed by atoms with van der Waals surface area (Å²) >= 11 is 3.37. The van der Waals surface area contributed by atoms with Crippen LogP contribution >= 0.6 is 15.9 Å². The summed E-state index contributed by atoms with van der Waals surface area (Å²) in [7, 11) is 0. The average molecular weight is 307 g/mol. The summed E-state index contributed by atoms with van der Waals surface area (Å²) in [6, 6.07) is 8.01. The van der Waals surface area contributed by atoms with Crippen LogP contribution in [0, 0.1) is 0 Å². The number of nitrogens with two attached hydrogens (primary N) is 1. The van der Waals surface area contributed by atoms with E-state index in [-0.39, 0.29) is 0 Å². The van der Waals surface area contributed by atoms with Gasteiger partial charge in [0, 0.05) is 6.20 Å². The zero-order chi connectivity index (χ0) is 13.1. The second-order valence-electron chi connectivity index (χ2n) is 4.37. The predicted octanol–water partition coefficient (Wildman–Crippen LogP) is 4.34. The molecule has 1 aromatic carbocycles. The van der Waals surface area contributed by atoms with Crippen LogP contribution < -0.4 is 10.5 Å². The highest BCUT2D eigenvalue weighted by Crippen LogP contribution is 2.34. The van der Waals surface area contributed by atoms with Crippen molar-refractivity contribution in [2.45, 2.75) is 19.8 Å². The molecule has 4 heteroatoms. The molecule has 0 aliphatic rings. The maximum atomic E-state index is 5.83. The zero-order valence-electron chi connectivity index (χ0n) is 10.4. The van der Waals surface area contributed by atoms with Gasteiger partial charge in [0.25, 0.3) is 0 Å². The van der Waals surface area contributed by atoms with Crippen LogP contribution in [-0.2, 0) is 0 Å². The molecule has 0 amide bonds. The van der Waals surface area contributed by atoms with Crippen LogP contribution in [0.15, 0.2) is 41.1 Å². The first kappa shape index (κ1) is 12.9. The number of pyridine rings is 1. The summed E-state index contributed by atoms with van der Waals surface area (Å²) < 4.78 is 6.51. The number of ether oxygens (including phenoxy) is 1. The highest BCUT2D eigenvalue weighted by Gasteiger charge is 2.08. The molecule has 0 unspecified atom stereocenters. The van der Waals surface area contributed by atoms with Gasteiger partial charge < -0.3 is 10.5 Å². The molecule has 18 heavy (non-hydrogen) atoms. The Morgan fingerprint density at radius 2 is 1.83 bits per heavy atom. The van der Waals surface area contributed by atoms with Gasteiger partial charge in [-0.05, 0) is 39.5 Å². The Morgan fingerprint density at radius 3 is 2.39 bits per heavy atom. The van der Waals surface area contributed by atoms with Crippen LogP contribution in [-0.4, -0.2) is 4.98 Å². The van der Waals surface area contributed by atoms with Gasteiger partial charge in [0.2, 0.25) is 0 Å². The van der Waals surface area contributed by atoms with Crippen LogP contribution in [0.4, 0.5) is 5.69 Å². The van der Waals surface area contributed by atoms with E-state index in [2.05, 4.69) is 46.9 Å². The molecule has 0 radical (unpaired) electrons. The Bertz CT molecular complexity index is 518. The quantitative estimate of drug-likeness (QED) is 0.917. The van der Waals surface area contributed by atoms with E-state index < -0.39 is 0 Å². The minimum atomic E-state index is 0.511. The summed E-state index contributed by atoms with van der Waals surface area (Å²) in [5.41, 5.74) is 7.62. The van der Waals surface area contributed by atoms with E-state index in [1.807, 2.05) is 12.1 Å². The Labute approximate surface area is 115 Å². The highest BCUT2D eigenvalue weighted by molar-refractivity contribution is 9.10. The molecule has 0 fully saturated rings. The molecular formula is C14H15BrN2O. The zero-order valence-corrected chi connectivity index (χ0v) is 11.9. The fraction of sp³-hybridized carbons (Fsp3) is 0.214. The van der Waals surface area contributed by atoms with Crippen LogP contribution in [0.5, 0.6) is 11.5 Å². The SMILES string of the molecule is CC(C)c1ccc(Oc2c(N)cncc2Br)cc1. The molecule has 3 nitrogen and oxygen atoms in total. The van der Waals surface area contributed by atoms with Crippen molar-refractivity contribution >= 4 is 21.6 Å². The highest BCUT2D eigenvalue weighted by atomic mass is 79.9. The largest absolute Gasteiger partial charge is 0.454 e. The normalized spacial score (nSPS) is 10.7. The van der Waals surface area contributed by atoms with Crippen molar-refractivity contribution < 1.29 is 4.74 Å². The van der Waals surface area contributed by atoms with Crippen molar-refractivity contribution in [2.24, 2.45) is 0 Å². The van der Waals surface area contributed by atoms with E-state index in [9.17, 15) is 0 Å². The summed E-state index contributed by atoms with van der Waals surface area (Å²) in [4.78, 5) is 3.97. The number of nitrogen functional groups attached to an aromatic ring is 1. The second-order valence-corrected chi connectivity index (χ2v) is 5.22. The Kier molecular flexibility index (Phi) is 3.87. The fourth-order valence-corrected chi connectivity index (χ4v) is 2.01. The fourth-order valence-electron chi connectivity index (χ4n) is 1.58. The van der Waals surface area contributed by atoms with Gasteiger partial charge in [-0.25, -0.2) is 0 Å². The monoisotopic (exact) mass is 306 g/mol. The molecule has 1 heterocycles. The lowest BCUT2D eigenvalue weighted by molar-refractivity contribution is 0.481. The number of aromatic nitrogens is 1. The Morgan fingerprint density at radius 1 is 1.17 bits per heavy atom. The number of benzene rings is 1. The summed E-state index contributed by atoms with van der Waals surface area (Å²) in [5, 5.41) is 0. The number of anilines is 1. The molecule has 0 saturated heterocycles. The molecule has 94 valence electrons. The topological polar surface area (TPSA) is 48.1 Å². The molecule has 2 rings (SSSR count).